The third-order valence-electron chi connectivity index (χ3n) is 2.71. The molecule has 0 aliphatic heterocycles. The molecule has 19 heavy (non-hydrogen) atoms. The van der Waals surface area contributed by atoms with Crippen molar-refractivity contribution in [2.24, 2.45) is 0 Å². The van der Waals surface area contributed by atoms with Gasteiger partial charge in [-0.3, -0.25) is 0 Å². The summed E-state index contributed by atoms with van der Waals surface area (Å²) in [4.78, 5) is 0. The van der Waals surface area contributed by atoms with Crippen LogP contribution in [0, 0.1) is 0 Å². The molecule has 1 aromatic rings. The van der Waals surface area contributed by atoms with Crippen molar-refractivity contribution in [3.63, 3.8) is 0 Å². The zero-order valence-electron chi connectivity index (χ0n) is 12.0. The lowest BCUT2D eigenvalue weighted by Crippen LogP contribution is -2.25. The van der Waals surface area contributed by atoms with Crippen LogP contribution in [-0.4, -0.2) is 32.6 Å². The van der Waals surface area contributed by atoms with Crippen LogP contribution in [0.15, 0.2) is 24.3 Å². The van der Waals surface area contributed by atoms with Crippen LogP contribution in [0.3, 0.4) is 0 Å². The molecule has 108 valence electrons. The minimum absolute atomic E-state index is 0.115. The fraction of sp³-hybridized carbons (Fsp3) is 0.571. The van der Waals surface area contributed by atoms with Gasteiger partial charge in [0.05, 0.1) is 11.9 Å². The molecule has 0 heterocycles. The van der Waals surface area contributed by atoms with Gasteiger partial charge in [-0.25, -0.2) is 8.42 Å². The summed E-state index contributed by atoms with van der Waals surface area (Å²) in [5, 5.41) is 3.17. The lowest BCUT2D eigenvalue weighted by Gasteiger charge is -2.17. The molecule has 0 bridgehead atoms. The van der Waals surface area contributed by atoms with E-state index in [0.29, 0.717) is 0 Å². The number of benzene rings is 1. The Kier molecular flexibility index (Phi) is 5.66. The van der Waals surface area contributed by atoms with E-state index in [1.165, 1.54) is 6.26 Å². The predicted octanol–water partition coefficient (Wildman–Crippen LogP) is 2.71. The van der Waals surface area contributed by atoms with Crippen LogP contribution in [0.2, 0.25) is 0 Å². The third-order valence-corrected chi connectivity index (χ3v) is 3.82. The normalized spacial score (nSPS) is 14.7. The van der Waals surface area contributed by atoms with Gasteiger partial charge in [0.1, 0.15) is 15.6 Å². The molecule has 0 amide bonds. The van der Waals surface area contributed by atoms with Crippen LogP contribution in [0.1, 0.15) is 27.2 Å². The van der Waals surface area contributed by atoms with E-state index in [4.69, 9.17) is 4.74 Å². The summed E-state index contributed by atoms with van der Waals surface area (Å²) < 4.78 is 28.2. The molecule has 1 N–H and O–H groups in total. The zero-order valence-corrected chi connectivity index (χ0v) is 12.8. The highest BCUT2D eigenvalue weighted by Gasteiger charge is 2.10. The van der Waals surface area contributed by atoms with Gasteiger partial charge >= 0.3 is 0 Å². The van der Waals surface area contributed by atoms with E-state index >= 15 is 0 Å². The number of anilines is 1. The van der Waals surface area contributed by atoms with Crippen LogP contribution in [0.5, 0.6) is 5.75 Å². The minimum atomic E-state index is -2.97. The molecule has 2 unspecified atom stereocenters. The quantitative estimate of drug-likeness (QED) is 0.837. The van der Waals surface area contributed by atoms with Crippen LogP contribution in [0.25, 0.3) is 0 Å². The fourth-order valence-electron chi connectivity index (χ4n) is 1.76. The van der Waals surface area contributed by atoms with E-state index in [0.717, 1.165) is 17.9 Å². The van der Waals surface area contributed by atoms with E-state index in [-0.39, 0.29) is 17.9 Å². The van der Waals surface area contributed by atoms with Gasteiger partial charge in [-0.2, -0.15) is 0 Å². The van der Waals surface area contributed by atoms with E-state index < -0.39 is 9.84 Å². The number of nitrogens with one attached hydrogen (secondary N) is 1. The third kappa shape index (κ3) is 6.47. The largest absolute Gasteiger partial charge is 0.491 e. The van der Waals surface area contributed by atoms with Crippen LogP contribution < -0.4 is 10.1 Å². The smallest absolute Gasteiger partial charge is 0.149 e. The molecule has 0 saturated carbocycles. The summed E-state index contributed by atoms with van der Waals surface area (Å²) in [5.74, 6) is 0.912. The summed E-state index contributed by atoms with van der Waals surface area (Å²) in [5.41, 5.74) is 0.872. The van der Waals surface area contributed by atoms with Gasteiger partial charge in [0, 0.05) is 24.1 Å². The van der Waals surface area contributed by atoms with Crippen LogP contribution in [0.4, 0.5) is 5.69 Å². The highest BCUT2D eigenvalue weighted by Crippen LogP contribution is 2.20. The summed E-state index contributed by atoms with van der Waals surface area (Å²) >= 11 is 0. The standard InChI is InChI=1S/C14H23NO3S/c1-5-12(3)18-14-8-6-7-13(9-14)15-11(2)10-19(4,16)17/h6-9,11-12,15H,5,10H2,1-4H3. The SMILES string of the molecule is CCC(C)Oc1cccc(NC(C)CS(C)(=O)=O)c1. The maximum atomic E-state index is 11.2. The molecule has 0 aromatic heterocycles. The van der Waals surface area contributed by atoms with Gasteiger partial charge in [0.25, 0.3) is 0 Å². The summed E-state index contributed by atoms with van der Waals surface area (Å²) in [6.07, 6.45) is 2.36. The second kappa shape index (κ2) is 6.80. The monoisotopic (exact) mass is 285 g/mol. The molecule has 5 heteroatoms. The van der Waals surface area contributed by atoms with Crippen LogP contribution in [-0.2, 0) is 9.84 Å². The van der Waals surface area contributed by atoms with Gasteiger partial charge in [-0.05, 0) is 32.4 Å². The Bertz CT molecular complexity index is 499. The molecule has 0 saturated heterocycles. The number of ether oxygens (including phenoxy) is 1. The topological polar surface area (TPSA) is 55.4 Å². The molecule has 4 nitrogen and oxygen atoms in total. The second-order valence-corrected chi connectivity index (χ2v) is 7.19. The van der Waals surface area contributed by atoms with Gasteiger partial charge in [0.2, 0.25) is 0 Å². The van der Waals surface area contributed by atoms with Crippen molar-refractivity contribution in [3.05, 3.63) is 24.3 Å². The first-order chi connectivity index (χ1) is 8.80. The number of rotatable bonds is 7. The van der Waals surface area contributed by atoms with Crippen molar-refractivity contribution in [3.8, 4) is 5.75 Å². The highest BCUT2D eigenvalue weighted by molar-refractivity contribution is 7.90. The molecule has 1 rings (SSSR count). The predicted molar refractivity (Wildman–Crippen MR) is 79.6 cm³/mol. The maximum absolute atomic E-state index is 11.2. The van der Waals surface area contributed by atoms with Crippen molar-refractivity contribution < 1.29 is 13.2 Å². The number of hydrogen-bond donors (Lipinski definition) is 1. The average molecular weight is 285 g/mol. The Morgan fingerprint density at radius 2 is 2.00 bits per heavy atom. The zero-order chi connectivity index (χ0) is 14.5. The van der Waals surface area contributed by atoms with E-state index in [1.54, 1.807) is 0 Å². The van der Waals surface area contributed by atoms with Gasteiger partial charge < -0.3 is 10.1 Å². The average Bonchev–Trinajstić information content (AvgIpc) is 2.26. The molecule has 0 spiro atoms. The first-order valence-corrected chi connectivity index (χ1v) is 8.57. The Hall–Kier alpha value is -1.23. The molecule has 1 aromatic carbocycles. The maximum Gasteiger partial charge on any atom is 0.149 e. The number of hydrogen-bond acceptors (Lipinski definition) is 4. The Morgan fingerprint density at radius 3 is 2.58 bits per heavy atom. The van der Waals surface area contributed by atoms with Gasteiger partial charge in [-0.15, -0.1) is 0 Å². The summed E-state index contributed by atoms with van der Waals surface area (Å²) in [6.45, 7) is 5.94. The van der Waals surface area contributed by atoms with E-state index in [9.17, 15) is 8.42 Å². The molecule has 0 aliphatic rings. The molecule has 2 atom stereocenters. The van der Waals surface area contributed by atoms with E-state index in [1.807, 2.05) is 38.1 Å². The molecular weight excluding hydrogens is 262 g/mol. The Labute approximate surface area is 116 Å². The molecular formula is C14H23NO3S. The van der Waals surface area contributed by atoms with Gasteiger partial charge in [-0.1, -0.05) is 13.0 Å². The fourth-order valence-corrected chi connectivity index (χ4v) is 2.75. The molecule has 0 radical (unpaired) electrons. The van der Waals surface area contributed by atoms with E-state index in [2.05, 4.69) is 12.2 Å². The van der Waals surface area contributed by atoms with Crippen molar-refractivity contribution in [2.45, 2.75) is 39.3 Å². The first kappa shape index (κ1) is 15.8. The Morgan fingerprint density at radius 1 is 1.32 bits per heavy atom. The Balaban J connectivity index is 2.66. The van der Waals surface area contributed by atoms with Crippen molar-refractivity contribution in [1.29, 1.82) is 0 Å². The summed E-state index contributed by atoms with van der Waals surface area (Å²) in [6, 6.07) is 7.47. The number of sulfone groups is 1. The van der Waals surface area contributed by atoms with Crippen molar-refractivity contribution >= 4 is 15.5 Å². The highest BCUT2D eigenvalue weighted by atomic mass is 32.2. The van der Waals surface area contributed by atoms with Crippen molar-refractivity contribution in [1.82, 2.24) is 0 Å². The first-order valence-electron chi connectivity index (χ1n) is 6.51. The van der Waals surface area contributed by atoms with Crippen molar-refractivity contribution in [2.75, 3.05) is 17.3 Å². The summed E-state index contributed by atoms with van der Waals surface area (Å²) in [7, 11) is -2.97. The van der Waals surface area contributed by atoms with Crippen LogP contribution >= 0.6 is 0 Å². The molecule has 0 aliphatic carbocycles. The lowest BCUT2D eigenvalue weighted by atomic mass is 10.2. The second-order valence-electron chi connectivity index (χ2n) is 5.00. The minimum Gasteiger partial charge on any atom is -0.491 e. The lowest BCUT2D eigenvalue weighted by molar-refractivity contribution is 0.217. The molecule has 0 fully saturated rings. The van der Waals surface area contributed by atoms with Gasteiger partial charge in [0.15, 0.2) is 0 Å².